The van der Waals surface area contributed by atoms with Crippen molar-refractivity contribution in [2.24, 2.45) is 0 Å². The van der Waals surface area contributed by atoms with Crippen LogP contribution in [0.5, 0.6) is 0 Å². The summed E-state index contributed by atoms with van der Waals surface area (Å²) in [5, 5.41) is 0. The number of nitrogen functional groups attached to an aromatic ring is 1. The zero-order chi connectivity index (χ0) is 13.4. The summed E-state index contributed by atoms with van der Waals surface area (Å²) in [6, 6.07) is 14.7. The van der Waals surface area contributed by atoms with Crippen LogP contribution in [-0.4, -0.2) is 0 Å². The van der Waals surface area contributed by atoms with Gasteiger partial charge in [0.2, 0.25) is 0 Å². The summed E-state index contributed by atoms with van der Waals surface area (Å²) in [6.45, 7) is 2.22. The van der Waals surface area contributed by atoms with E-state index < -0.39 is 0 Å². The second-order valence-corrected chi connectivity index (χ2v) is 5.96. The summed E-state index contributed by atoms with van der Waals surface area (Å²) in [4.78, 5) is 0. The highest BCUT2D eigenvalue weighted by atomic mass is 79.9. The van der Waals surface area contributed by atoms with Crippen LogP contribution < -0.4 is 5.73 Å². The van der Waals surface area contributed by atoms with E-state index in [0.717, 1.165) is 28.6 Å². The molecule has 0 atom stereocenters. The smallest absolute Gasteiger partial charge is 0.0393 e. The molecule has 2 heteroatoms. The van der Waals surface area contributed by atoms with Crippen molar-refractivity contribution < 1.29 is 0 Å². The molecule has 2 N–H and O–H groups in total. The van der Waals surface area contributed by atoms with Crippen LogP contribution >= 0.6 is 15.9 Å². The number of fused-ring (bicyclic) bond motifs is 1. The Bertz CT molecular complexity index is 671. The normalized spacial score (nSPS) is 14.4. The Labute approximate surface area is 122 Å². The van der Waals surface area contributed by atoms with Gasteiger partial charge in [0.15, 0.2) is 0 Å². The molecule has 96 valence electrons. The fourth-order valence-corrected chi connectivity index (χ4v) is 3.20. The molecule has 0 saturated heterocycles. The molecule has 0 radical (unpaired) electrons. The van der Waals surface area contributed by atoms with Crippen molar-refractivity contribution in [3.63, 3.8) is 0 Å². The number of para-hydroxylation sites is 1. The highest BCUT2D eigenvalue weighted by Gasteiger charge is 2.19. The first-order chi connectivity index (χ1) is 9.16. The van der Waals surface area contributed by atoms with Gasteiger partial charge in [-0.15, -0.1) is 0 Å². The molecule has 1 aliphatic rings. The molecule has 0 amide bonds. The predicted octanol–water partition coefficient (Wildman–Crippen LogP) is 4.80. The van der Waals surface area contributed by atoms with Gasteiger partial charge in [-0.2, -0.15) is 0 Å². The van der Waals surface area contributed by atoms with Crippen molar-refractivity contribution in [1.82, 2.24) is 0 Å². The number of hydrogen-bond acceptors (Lipinski definition) is 1. The Kier molecular flexibility index (Phi) is 3.19. The number of halogens is 1. The van der Waals surface area contributed by atoms with Gasteiger partial charge in [0.1, 0.15) is 0 Å². The Morgan fingerprint density at radius 3 is 2.58 bits per heavy atom. The van der Waals surface area contributed by atoms with Crippen LogP contribution in [-0.2, 0) is 6.42 Å². The van der Waals surface area contributed by atoms with Crippen LogP contribution in [0.2, 0.25) is 0 Å². The summed E-state index contributed by atoms with van der Waals surface area (Å²) in [7, 11) is 0. The van der Waals surface area contributed by atoms with Crippen molar-refractivity contribution in [2.45, 2.75) is 19.8 Å². The molecule has 0 bridgehead atoms. The quantitative estimate of drug-likeness (QED) is 0.752. The molecule has 3 rings (SSSR count). The van der Waals surface area contributed by atoms with E-state index >= 15 is 0 Å². The van der Waals surface area contributed by atoms with Crippen LogP contribution in [0.3, 0.4) is 0 Å². The van der Waals surface area contributed by atoms with Gasteiger partial charge in [0.25, 0.3) is 0 Å². The summed E-state index contributed by atoms with van der Waals surface area (Å²) >= 11 is 3.56. The van der Waals surface area contributed by atoms with E-state index in [-0.39, 0.29) is 0 Å². The second-order valence-electron chi connectivity index (χ2n) is 5.04. The summed E-state index contributed by atoms with van der Waals surface area (Å²) in [5.74, 6) is 0. The fraction of sp³-hybridized carbons (Fsp3) is 0.176. The first-order valence-corrected chi connectivity index (χ1v) is 7.29. The number of rotatable bonds is 1. The lowest BCUT2D eigenvalue weighted by Crippen LogP contribution is -2.06. The third-order valence-electron chi connectivity index (χ3n) is 3.76. The number of aryl methyl sites for hydroxylation is 1. The average molecular weight is 314 g/mol. The number of anilines is 1. The summed E-state index contributed by atoms with van der Waals surface area (Å²) in [5.41, 5.74) is 13.6. The predicted molar refractivity (Wildman–Crippen MR) is 85.0 cm³/mol. The molecule has 0 aliphatic heterocycles. The van der Waals surface area contributed by atoms with E-state index in [2.05, 4.69) is 53.2 Å². The van der Waals surface area contributed by atoms with Crippen LogP contribution in [0.4, 0.5) is 5.69 Å². The van der Waals surface area contributed by atoms with Crippen LogP contribution in [0.1, 0.15) is 30.0 Å². The standard InChI is InChI=1S/C17H16BrN/c1-11-6-7-12-10-13(18)8-9-14(12)17(11)15-4-2-3-5-16(15)19/h2-5,8-10H,6-7,19H2,1H3. The van der Waals surface area contributed by atoms with Crippen LogP contribution in [0.25, 0.3) is 5.57 Å². The molecule has 0 heterocycles. The third-order valence-corrected chi connectivity index (χ3v) is 4.26. The Hall–Kier alpha value is -1.54. The SMILES string of the molecule is CC1=C(c2ccccc2N)c2ccc(Br)cc2CC1. The molecule has 0 fully saturated rings. The van der Waals surface area contributed by atoms with Gasteiger partial charge in [-0.25, -0.2) is 0 Å². The molecule has 2 aromatic rings. The molecule has 2 aromatic carbocycles. The van der Waals surface area contributed by atoms with Crippen LogP contribution in [0, 0.1) is 0 Å². The maximum Gasteiger partial charge on any atom is 0.0393 e. The molecule has 0 unspecified atom stereocenters. The Balaban J connectivity index is 2.23. The Morgan fingerprint density at radius 1 is 1.00 bits per heavy atom. The molecular weight excluding hydrogens is 298 g/mol. The molecule has 1 aliphatic carbocycles. The molecule has 19 heavy (non-hydrogen) atoms. The Morgan fingerprint density at radius 2 is 1.79 bits per heavy atom. The van der Waals surface area contributed by atoms with Crippen molar-refractivity contribution in [3.05, 3.63) is 69.2 Å². The number of allylic oxidation sites excluding steroid dienone is 1. The lowest BCUT2D eigenvalue weighted by Gasteiger charge is -2.23. The number of benzene rings is 2. The molecule has 1 nitrogen and oxygen atoms in total. The van der Waals surface area contributed by atoms with Gasteiger partial charge in [-0.3, -0.25) is 0 Å². The lowest BCUT2D eigenvalue weighted by molar-refractivity contribution is 0.917. The number of hydrogen-bond donors (Lipinski definition) is 1. The maximum atomic E-state index is 6.16. The van der Waals surface area contributed by atoms with E-state index in [4.69, 9.17) is 5.73 Å². The van der Waals surface area contributed by atoms with E-state index in [9.17, 15) is 0 Å². The third kappa shape index (κ3) is 2.21. The second kappa shape index (κ2) is 4.86. The minimum absolute atomic E-state index is 0.854. The molecular formula is C17H16BrN. The zero-order valence-electron chi connectivity index (χ0n) is 10.9. The molecule has 0 saturated carbocycles. The minimum Gasteiger partial charge on any atom is -0.398 e. The van der Waals surface area contributed by atoms with Gasteiger partial charge in [-0.1, -0.05) is 45.8 Å². The largest absolute Gasteiger partial charge is 0.398 e. The summed E-state index contributed by atoms with van der Waals surface area (Å²) in [6.07, 6.45) is 2.21. The highest BCUT2D eigenvalue weighted by molar-refractivity contribution is 9.10. The monoisotopic (exact) mass is 313 g/mol. The van der Waals surface area contributed by atoms with Gasteiger partial charge in [0, 0.05) is 15.7 Å². The molecule has 0 spiro atoms. The topological polar surface area (TPSA) is 26.0 Å². The first-order valence-electron chi connectivity index (χ1n) is 6.50. The van der Waals surface area contributed by atoms with Crippen molar-refractivity contribution in [3.8, 4) is 0 Å². The van der Waals surface area contributed by atoms with Crippen molar-refractivity contribution >= 4 is 27.2 Å². The minimum atomic E-state index is 0.854. The zero-order valence-corrected chi connectivity index (χ0v) is 12.5. The highest BCUT2D eigenvalue weighted by Crippen LogP contribution is 2.38. The van der Waals surface area contributed by atoms with E-state index in [0.29, 0.717) is 0 Å². The van der Waals surface area contributed by atoms with E-state index in [1.807, 2.05) is 12.1 Å². The first kappa shape index (κ1) is 12.5. The van der Waals surface area contributed by atoms with Crippen LogP contribution in [0.15, 0.2) is 52.5 Å². The fourth-order valence-electron chi connectivity index (χ4n) is 2.79. The number of nitrogens with two attached hydrogens (primary N) is 1. The maximum absolute atomic E-state index is 6.16. The van der Waals surface area contributed by atoms with Gasteiger partial charge >= 0.3 is 0 Å². The lowest BCUT2D eigenvalue weighted by atomic mass is 9.82. The summed E-state index contributed by atoms with van der Waals surface area (Å²) < 4.78 is 1.14. The average Bonchev–Trinajstić information content (AvgIpc) is 2.40. The molecule has 0 aromatic heterocycles. The van der Waals surface area contributed by atoms with Crippen molar-refractivity contribution in [1.29, 1.82) is 0 Å². The van der Waals surface area contributed by atoms with Gasteiger partial charge < -0.3 is 5.73 Å². The van der Waals surface area contributed by atoms with E-state index in [1.54, 1.807) is 0 Å². The van der Waals surface area contributed by atoms with Gasteiger partial charge in [0.05, 0.1) is 0 Å². The van der Waals surface area contributed by atoms with Crippen molar-refractivity contribution in [2.75, 3.05) is 5.73 Å². The van der Waals surface area contributed by atoms with Gasteiger partial charge in [-0.05, 0) is 54.7 Å². The van der Waals surface area contributed by atoms with E-state index in [1.165, 1.54) is 22.3 Å².